The zero-order valence-electron chi connectivity index (χ0n) is 12.8. The van der Waals surface area contributed by atoms with Crippen molar-refractivity contribution in [2.45, 2.75) is 89.3 Å². The Morgan fingerprint density at radius 3 is 0.800 bits per heavy atom. The van der Waals surface area contributed by atoms with Crippen LogP contribution in [0.15, 0.2) is 0 Å². The molecule has 0 radical (unpaired) electrons. The highest BCUT2D eigenvalue weighted by molar-refractivity contribution is 4.85. The van der Waals surface area contributed by atoms with Gasteiger partial charge in [0, 0.05) is 0 Å². The third-order valence-corrected chi connectivity index (χ3v) is 6.63. The fraction of sp³-hybridized carbons (Fsp3) is 1.00. The Kier molecular flexibility index (Phi) is 5.04. The Morgan fingerprint density at radius 1 is 0.350 bits per heavy atom. The van der Waals surface area contributed by atoms with Crippen LogP contribution >= 0.6 is 0 Å². The predicted octanol–water partition coefficient (Wildman–Crippen LogP) is 3.90. The highest BCUT2D eigenvalue weighted by Gasteiger charge is 2.34. The molecule has 0 heterocycles. The SMILES string of the molecule is OC1CCC(C2CCC(C3CCC(O)CC3)CC2)CC1. The van der Waals surface area contributed by atoms with Crippen molar-refractivity contribution < 1.29 is 10.2 Å². The van der Waals surface area contributed by atoms with Crippen molar-refractivity contribution in [1.29, 1.82) is 0 Å². The van der Waals surface area contributed by atoms with Gasteiger partial charge >= 0.3 is 0 Å². The van der Waals surface area contributed by atoms with Gasteiger partial charge in [-0.3, -0.25) is 0 Å². The molecular formula is C18H32O2. The van der Waals surface area contributed by atoms with Crippen molar-refractivity contribution in [2.24, 2.45) is 23.7 Å². The summed E-state index contributed by atoms with van der Waals surface area (Å²) in [6, 6.07) is 0. The quantitative estimate of drug-likeness (QED) is 0.805. The maximum Gasteiger partial charge on any atom is 0.0540 e. The fourth-order valence-electron chi connectivity index (χ4n) is 5.23. The van der Waals surface area contributed by atoms with Crippen LogP contribution in [-0.2, 0) is 0 Å². The Hall–Kier alpha value is -0.0800. The second-order valence-corrected chi connectivity index (χ2v) is 7.81. The maximum atomic E-state index is 9.64. The highest BCUT2D eigenvalue weighted by Crippen LogP contribution is 2.44. The van der Waals surface area contributed by atoms with Crippen molar-refractivity contribution >= 4 is 0 Å². The molecule has 0 unspecified atom stereocenters. The van der Waals surface area contributed by atoms with Gasteiger partial charge in [0.05, 0.1) is 12.2 Å². The molecule has 2 N–H and O–H groups in total. The van der Waals surface area contributed by atoms with Crippen LogP contribution in [0.4, 0.5) is 0 Å². The van der Waals surface area contributed by atoms with E-state index in [-0.39, 0.29) is 12.2 Å². The van der Waals surface area contributed by atoms with E-state index in [1.54, 1.807) is 0 Å². The lowest BCUT2D eigenvalue weighted by atomic mass is 9.66. The molecule has 116 valence electrons. The molecule has 0 aromatic carbocycles. The second-order valence-electron chi connectivity index (χ2n) is 7.81. The lowest BCUT2D eigenvalue weighted by Crippen LogP contribution is -2.31. The molecule has 0 atom stereocenters. The van der Waals surface area contributed by atoms with E-state index >= 15 is 0 Å². The molecule has 0 aromatic heterocycles. The van der Waals surface area contributed by atoms with Crippen molar-refractivity contribution in [2.75, 3.05) is 0 Å². The molecule has 2 heteroatoms. The van der Waals surface area contributed by atoms with Gasteiger partial charge in [-0.1, -0.05) is 0 Å². The molecule has 2 nitrogen and oxygen atoms in total. The first-order valence-electron chi connectivity index (χ1n) is 9.08. The molecule has 3 fully saturated rings. The van der Waals surface area contributed by atoms with Crippen molar-refractivity contribution in [3.63, 3.8) is 0 Å². The number of aliphatic hydroxyl groups excluding tert-OH is 2. The number of hydrogen-bond donors (Lipinski definition) is 2. The van der Waals surface area contributed by atoms with E-state index in [1.165, 1.54) is 51.4 Å². The predicted molar refractivity (Wildman–Crippen MR) is 81.4 cm³/mol. The standard InChI is InChI=1S/C18H32O2/c19-17-9-5-15(6-10-17)13-1-2-14(4-3-13)16-7-11-18(20)12-8-16/h13-20H,1-12H2. The molecule has 0 amide bonds. The summed E-state index contributed by atoms with van der Waals surface area (Å²) in [6.07, 6.45) is 15.0. The average Bonchev–Trinajstić information content (AvgIpc) is 2.49. The summed E-state index contributed by atoms with van der Waals surface area (Å²) in [5.74, 6) is 3.72. The Bertz CT molecular complexity index is 250. The maximum absolute atomic E-state index is 9.64. The van der Waals surface area contributed by atoms with Gasteiger partial charge in [-0.25, -0.2) is 0 Å². The largest absolute Gasteiger partial charge is 0.393 e. The molecule has 3 rings (SSSR count). The minimum atomic E-state index is -0.00347. The fourth-order valence-corrected chi connectivity index (χ4v) is 5.23. The summed E-state index contributed by atoms with van der Waals surface area (Å²) in [5, 5.41) is 19.3. The first-order valence-corrected chi connectivity index (χ1v) is 9.08. The van der Waals surface area contributed by atoms with E-state index in [0.29, 0.717) is 0 Å². The van der Waals surface area contributed by atoms with Gasteiger partial charge in [0.25, 0.3) is 0 Å². The molecule has 0 aromatic rings. The van der Waals surface area contributed by atoms with E-state index in [9.17, 15) is 10.2 Å². The normalized spacial score (nSPS) is 47.1. The number of hydrogen-bond acceptors (Lipinski definition) is 2. The van der Waals surface area contributed by atoms with Gasteiger partial charge in [0.15, 0.2) is 0 Å². The summed E-state index contributed by atoms with van der Waals surface area (Å²) in [4.78, 5) is 0. The second kappa shape index (κ2) is 6.79. The molecule has 3 saturated carbocycles. The van der Waals surface area contributed by atoms with E-state index < -0.39 is 0 Å². The first kappa shape index (κ1) is 14.8. The lowest BCUT2D eigenvalue weighted by Gasteiger charge is -2.40. The summed E-state index contributed by atoms with van der Waals surface area (Å²) < 4.78 is 0. The zero-order chi connectivity index (χ0) is 13.9. The Balaban J connectivity index is 1.42. The molecule has 3 aliphatic carbocycles. The van der Waals surface area contributed by atoms with Crippen molar-refractivity contribution in [1.82, 2.24) is 0 Å². The number of aliphatic hydroxyl groups is 2. The van der Waals surface area contributed by atoms with Gasteiger partial charge < -0.3 is 10.2 Å². The Morgan fingerprint density at radius 2 is 0.550 bits per heavy atom. The van der Waals surface area contributed by atoms with Crippen LogP contribution in [-0.4, -0.2) is 22.4 Å². The van der Waals surface area contributed by atoms with Crippen LogP contribution in [0.1, 0.15) is 77.0 Å². The van der Waals surface area contributed by atoms with Crippen molar-refractivity contribution in [3.8, 4) is 0 Å². The summed E-state index contributed by atoms with van der Waals surface area (Å²) in [6.45, 7) is 0. The highest BCUT2D eigenvalue weighted by atomic mass is 16.3. The van der Waals surface area contributed by atoms with Crippen LogP contribution < -0.4 is 0 Å². The minimum absolute atomic E-state index is 0.00347. The van der Waals surface area contributed by atoms with Crippen LogP contribution in [0.3, 0.4) is 0 Å². The summed E-state index contributed by atoms with van der Waals surface area (Å²) in [5.41, 5.74) is 0. The summed E-state index contributed by atoms with van der Waals surface area (Å²) in [7, 11) is 0. The monoisotopic (exact) mass is 280 g/mol. The topological polar surface area (TPSA) is 40.5 Å². The molecule has 20 heavy (non-hydrogen) atoms. The van der Waals surface area contributed by atoms with Gasteiger partial charge in [-0.15, -0.1) is 0 Å². The molecule has 0 aliphatic heterocycles. The van der Waals surface area contributed by atoms with Crippen LogP contribution in [0.5, 0.6) is 0 Å². The minimum Gasteiger partial charge on any atom is -0.393 e. The lowest BCUT2D eigenvalue weighted by molar-refractivity contribution is 0.0544. The summed E-state index contributed by atoms with van der Waals surface area (Å²) >= 11 is 0. The molecule has 0 saturated heterocycles. The van der Waals surface area contributed by atoms with Gasteiger partial charge in [0.2, 0.25) is 0 Å². The van der Waals surface area contributed by atoms with E-state index in [1.807, 2.05) is 0 Å². The molecule has 3 aliphatic rings. The first-order chi connectivity index (χ1) is 9.72. The van der Waals surface area contributed by atoms with Crippen LogP contribution in [0.2, 0.25) is 0 Å². The van der Waals surface area contributed by atoms with Gasteiger partial charge in [0.1, 0.15) is 0 Å². The zero-order valence-corrected chi connectivity index (χ0v) is 12.8. The third kappa shape index (κ3) is 3.57. The average molecular weight is 280 g/mol. The molecular weight excluding hydrogens is 248 g/mol. The van der Waals surface area contributed by atoms with Gasteiger partial charge in [-0.05, 0) is 101 Å². The van der Waals surface area contributed by atoms with E-state index in [0.717, 1.165) is 49.4 Å². The molecule has 0 spiro atoms. The van der Waals surface area contributed by atoms with E-state index in [2.05, 4.69) is 0 Å². The molecule has 0 bridgehead atoms. The number of rotatable bonds is 2. The van der Waals surface area contributed by atoms with Gasteiger partial charge in [-0.2, -0.15) is 0 Å². The van der Waals surface area contributed by atoms with Crippen LogP contribution in [0, 0.1) is 23.7 Å². The Labute approximate surface area is 124 Å². The third-order valence-electron chi connectivity index (χ3n) is 6.63. The van der Waals surface area contributed by atoms with Crippen molar-refractivity contribution in [3.05, 3.63) is 0 Å². The van der Waals surface area contributed by atoms with Crippen LogP contribution in [0.25, 0.3) is 0 Å². The smallest absolute Gasteiger partial charge is 0.0540 e. The van der Waals surface area contributed by atoms with E-state index in [4.69, 9.17) is 0 Å².